The zero-order valence-electron chi connectivity index (χ0n) is 12.6. The molecular formula is C17H22N2O2. The number of hydrogen-bond donors (Lipinski definition) is 2. The van der Waals surface area contributed by atoms with Crippen LogP contribution in [0.4, 0.5) is 11.4 Å². The van der Waals surface area contributed by atoms with Crippen LogP contribution in [-0.2, 0) is 0 Å². The van der Waals surface area contributed by atoms with E-state index < -0.39 is 0 Å². The van der Waals surface area contributed by atoms with E-state index in [0.29, 0.717) is 13.2 Å². The van der Waals surface area contributed by atoms with Crippen molar-refractivity contribution >= 4 is 11.4 Å². The van der Waals surface area contributed by atoms with Crippen LogP contribution in [0.3, 0.4) is 0 Å². The lowest BCUT2D eigenvalue weighted by molar-refractivity contribution is 0.247. The Morgan fingerprint density at radius 1 is 0.762 bits per heavy atom. The van der Waals surface area contributed by atoms with E-state index in [1.807, 2.05) is 50.2 Å². The van der Waals surface area contributed by atoms with E-state index in [1.165, 1.54) is 0 Å². The predicted molar refractivity (Wildman–Crippen MR) is 86.8 cm³/mol. The summed E-state index contributed by atoms with van der Waals surface area (Å²) >= 11 is 0. The Labute approximate surface area is 125 Å². The molecule has 0 heterocycles. The summed E-state index contributed by atoms with van der Waals surface area (Å²) in [5, 5.41) is 0. The standard InChI is InChI=1S/C17H22N2O2/c1-12-10-14(4-6-16(12)18)20-8-3-9-21-15-5-7-17(19)13(2)11-15/h4-7,10-11H,3,8-9,18-19H2,1-2H3. The van der Waals surface area contributed by atoms with Gasteiger partial charge in [0.2, 0.25) is 0 Å². The number of ether oxygens (including phenoxy) is 2. The van der Waals surface area contributed by atoms with E-state index in [1.54, 1.807) is 0 Å². The summed E-state index contributed by atoms with van der Waals surface area (Å²) < 4.78 is 11.3. The summed E-state index contributed by atoms with van der Waals surface area (Å²) in [5.41, 5.74) is 15.2. The van der Waals surface area contributed by atoms with Crippen molar-refractivity contribution in [1.29, 1.82) is 0 Å². The molecule has 0 aliphatic carbocycles. The minimum absolute atomic E-state index is 0.608. The molecule has 0 unspecified atom stereocenters. The maximum Gasteiger partial charge on any atom is 0.119 e. The van der Waals surface area contributed by atoms with Crippen molar-refractivity contribution in [3.63, 3.8) is 0 Å². The molecule has 0 aromatic heterocycles. The molecule has 21 heavy (non-hydrogen) atoms. The van der Waals surface area contributed by atoms with Gasteiger partial charge < -0.3 is 20.9 Å². The van der Waals surface area contributed by atoms with Gasteiger partial charge in [-0.1, -0.05) is 0 Å². The van der Waals surface area contributed by atoms with E-state index in [2.05, 4.69) is 0 Å². The minimum Gasteiger partial charge on any atom is -0.493 e. The van der Waals surface area contributed by atoms with Crippen LogP contribution in [0.2, 0.25) is 0 Å². The van der Waals surface area contributed by atoms with Gasteiger partial charge in [-0.25, -0.2) is 0 Å². The molecule has 0 radical (unpaired) electrons. The van der Waals surface area contributed by atoms with Crippen LogP contribution in [0.1, 0.15) is 17.5 Å². The van der Waals surface area contributed by atoms with Crippen molar-refractivity contribution in [2.24, 2.45) is 0 Å². The molecule has 2 aromatic rings. The van der Waals surface area contributed by atoms with Gasteiger partial charge in [0.1, 0.15) is 11.5 Å². The first-order valence-corrected chi connectivity index (χ1v) is 7.04. The van der Waals surface area contributed by atoms with Crippen molar-refractivity contribution in [1.82, 2.24) is 0 Å². The Hall–Kier alpha value is -2.36. The van der Waals surface area contributed by atoms with Crippen molar-refractivity contribution in [2.75, 3.05) is 24.7 Å². The summed E-state index contributed by atoms with van der Waals surface area (Å²) in [6.07, 6.45) is 0.812. The Balaban J connectivity index is 1.72. The average molecular weight is 286 g/mol. The lowest BCUT2D eigenvalue weighted by Crippen LogP contribution is -2.05. The molecule has 0 atom stereocenters. The second-order valence-electron chi connectivity index (χ2n) is 5.09. The summed E-state index contributed by atoms with van der Waals surface area (Å²) in [4.78, 5) is 0. The van der Waals surface area contributed by atoms with Gasteiger partial charge in [0.25, 0.3) is 0 Å². The fraction of sp³-hybridized carbons (Fsp3) is 0.294. The molecule has 0 bridgehead atoms. The van der Waals surface area contributed by atoms with Crippen molar-refractivity contribution in [3.05, 3.63) is 47.5 Å². The second kappa shape index (κ2) is 6.88. The maximum atomic E-state index is 5.77. The fourth-order valence-corrected chi connectivity index (χ4v) is 1.91. The molecule has 2 aromatic carbocycles. The molecule has 2 rings (SSSR count). The molecule has 0 spiro atoms. The fourth-order valence-electron chi connectivity index (χ4n) is 1.91. The van der Waals surface area contributed by atoms with E-state index in [0.717, 1.165) is 40.4 Å². The largest absolute Gasteiger partial charge is 0.493 e. The highest BCUT2D eigenvalue weighted by atomic mass is 16.5. The topological polar surface area (TPSA) is 70.5 Å². The third-order valence-electron chi connectivity index (χ3n) is 3.31. The first kappa shape index (κ1) is 15.0. The number of hydrogen-bond acceptors (Lipinski definition) is 4. The summed E-state index contributed by atoms with van der Waals surface area (Å²) in [7, 11) is 0. The third kappa shape index (κ3) is 4.31. The molecule has 112 valence electrons. The lowest BCUT2D eigenvalue weighted by Gasteiger charge is -2.10. The Kier molecular flexibility index (Phi) is 4.93. The quantitative estimate of drug-likeness (QED) is 0.631. The van der Waals surface area contributed by atoms with Gasteiger partial charge >= 0.3 is 0 Å². The predicted octanol–water partition coefficient (Wildman–Crippen LogP) is 3.32. The number of benzene rings is 2. The number of nitrogens with two attached hydrogens (primary N) is 2. The van der Waals surface area contributed by atoms with Crippen LogP contribution < -0.4 is 20.9 Å². The van der Waals surface area contributed by atoms with E-state index in [9.17, 15) is 0 Å². The van der Waals surface area contributed by atoms with Crippen LogP contribution in [0.5, 0.6) is 11.5 Å². The molecular weight excluding hydrogens is 264 g/mol. The van der Waals surface area contributed by atoms with Crippen LogP contribution in [0.25, 0.3) is 0 Å². The molecule has 0 fully saturated rings. The molecule has 4 nitrogen and oxygen atoms in total. The smallest absolute Gasteiger partial charge is 0.119 e. The van der Waals surface area contributed by atoms with E-state index in [-0.39, 0.29) is 0 Å². The summed E-state index contributed by atoms with van der Waals surface area (Å²) in [6, 6.07) is 11.4. The maximum absolute atomic E-state index is 5.77. The highest BCUT2D eigenvalue weighted by molar-refractivity contribution is 5.50. The second-order valence-corrected chi connectivity index (χ2v) is 5.09. The highest BCUT2D eigenvalue weighted by Gasteiger charge is 2.00. The SMILES string of the molecule is Cc1cc(OCCCOc2ccc(N)c(C)c2)ccc1N. The average Bonchev–Trinajstić information content (AvgIpc) is 2.46. The van der Waals surface area contributed by atoms with Crippen molar-refractivity contribution in [2.45, 2.75) is 20.3 Å². The third-order valence-corrected chi connectivity index (χ3v) is 3.31. The first-order valence-electron chi connectivity index (χ1n) is 7.04. The Bertz CT molecular complexity index is 558. The summed E-state index contributed by atoms with van der Waals surface area (Å²) in [5.74, 6) is 1.68. The van der Waals surface area contributed by atoms with E-state index in [4.69, 9.17) is 20.9 Å². The Morgan fingerprint density at radius 3 is 1.57 bits per heavy atom. The molecule has 4 N–H and O–H groups in total. The summed E-state index contributed by atoms with van der Waals surface area (Å²) in [6.45, 7) is 5.15. The molecule has 0 saturated heterocycles. The van der Waals surface area contributed by atoms with Gasteiger partial charge in [0.15, 0.2) is 0 Å². The lowest BCUT2D eigenvalue weighted by atomic mass is 10.2. The van der Waals surface area contributed by atoms with Gasteiger partial charge in [-0.15, -0.1) is 0 Å². The zero-order chi connectivity index (χ0) is 15.2. The number of rotatable bonds is 6. The van der Waals surface area contributed by atoms with Crippen LogP contribution in [0, 0.1) is 13.8 Å². The van der Waals surface area contributed by atoms with Crippen LogP contribution in [-0.4, -0.2) is 13.2 Å². The molecule has 0 aliphatic heterocycles. The van der Waals surface area contributed by atoms with Crippen LogP contribution >= 0.6 is 0 Å². The molecule has 0 amide bonds. The number of anilines is 2. The Morgan fingerprint density at radius 2 is 1.19 bits per heavy atom. The monoisotopic (exact) mass is 286 g/mol. The molecule has 4 heteroatoms. The zero-order valence-corrected chi connectivity index (χ0v) is 12.6. The van der Waals surface area contributed by atoms with E-state index >= 15 is 0 Å². The minimum atomic E-state index is 0.608. The molecule has 0 saturated carbocycles. The van der Waals surface area contributed by atoms with Gasteiger partial charge in [0.05, 0.1) is 13.2 Å². The van der Waals surface area contributed by atoms with Gasteiger partial charge in [-0.05, 0) is 61.4 Å². The van der Waals surface area contributed by atoms with Crippen molar-refractivity contribution in [3.8, 4) is 11.5 Å². The highest BCUT2D eigenvalue weighted by Crippen LogP contribution is 2.20. The van der Waals surface area contributed by atoms with Gasteiger partial charge in [0, 0.05) is 17.8 Å². The van der Waals surface area contributed by atoms with Gasteiger partial charge in [-0.3, -0.25) is 0 Å². The van der Waals surface area contributed by atoms with Gasteiger partial charge in [-0.2, -0.15) is 0 Å². The number of aryl methyl sites for hydroxylation is 2. The van der Waals surface area contributed by atoms with Crippen LogP contribution in [0.15, 0.2) is 36.4 Å². The normalized spacial score (nSPS) is 10.4. The number of nitrogen functional groups attached to an aromatic ring is 2. The van der Waals surface area contributed by atoms with Crippen molar-refractivity contribution < 1.29 is 9.47 Å². The molecule has 0 aliphatic rings. The first-order chi connectivity index (χ1) is 10.1.